The van der Waals surface area contributed by atoms with E-state index in [1.165, 1.54) is 0 Å². The van der Waals surface area contributed by atoms with Gasteiger partial charge in [0.1, 0.15) is 17.1 Å². The third-order valence-electron chi connectivity index (χ3n) is 2.94. The summed E-state index contributed by atoms with van der Waals surface area (Å²) in [6.07, 6.45) is 0. The molecule has 0 saturated heterocycles. The number of anilines is 1. The molecule has 2 N–H and O–H groups in total. The number of benzene rings is 2. The third kappa shape index (κ3) is 2.53. The van der Waals surface area contributed by atoms with Crippen molar-refractivity contribution in [3.8, 4) is 17.1 Å². The molecule has 4 heteroatoms. The molecule has 0 aliphatic heterocycles. The van der Waals surface area contributed by atoms with Crippen molar-refractivity contribution in [2.24, 2.45) is 0 Å². The molecule has 0 unspecified atom stereocenters. The molecular formula is C15H12INO2. The van der Waals surface area contributed by atoms with Crippen LogP contribution in [0.2, 0.25) is 0 Å². The molecule has 19 heavy (non-hydrogen) atoms. The van der Waals surface area contributed by atoms with Gasteiger partial charge in [-0.05, 0) is 42.5 Å². The quantitative estimate of drug-likeness (QED) is 0.405. The first kappa shape index (κ1) is 12.3. The Balaban J connectivity index is 1.99. The number of hydrogen-bond acceptors (Lipinski definition) is 3. The van der Waals surface area contributed by atoms with Crippen molar-refractivity contribution >= 4 is 39.2 Å². The highest BCUT2D eigenvalue weighted by atomic mass is 127. The second kappa shape index (κ2) is 5.13. The van der Waals surface area contributed by atoms with E-state index in [9.17, 15) is 5.11 Å². The molecule has 1 heterocycles. The Morgan fingerprint density at radius 1 is 1.05 bits per heavy atom. The van der Waals surface area contributed by atoms with Crippen LogP contribution in [0.4, 0.5) is 5.69 Å². The van der Waals surface area contributed by atoms with E-state index in [0.717, 1.165) is 26.9 Å². The highest BCUT2D eigenvalue weighted by Gasteiger charge is 2.06. The summed E-state index contributed by atoms with van der Waals surface area (Å²) in [7, 11) is 0. The first-order chi connectivity index (χ1) is 9.26. The minimum atomic E-state index is 0.218. The van der Waals surface area contributed by atoms with Crippen LogP contribution in [0.15, 0.2) is 52.9 Å². The van der Waals surface area contributed by atoms with Gasteiger partial charge in [-0.15, -0.1) is 0 Å². The van der Waals surface area contributed by atoms with E-state index in [2.05, 4.69) is 27.9 Å². The second-order valence-electron chi connectivity index (χ2n) is 4.22. The maximum Gasteiger partial charge on any atom is 0.138 e. The summed E-state index contributed by atoms with van der Waals surface area (Å²) in [6, 6.07) is 15.2. The predicted octanol–water partition coefficient (Wildman–Crippen LogP) is 4.61. The molecule has 0 atom stereocenters. The van der Waals surface area contributed by atoms with E-state index in [1.807, 2.05) is 36.4 Å². The predicted molar refractivity (Wildman–Crippen MR) is 85.8 cm³/mol. The fraction of sp³-hybridized carbons (Fsp3) is 0.0667. The summed E-state index contributed by atoms with van der Waals surface area (Å²) < 4.78 is 6.63. The van der Waals surface area contributed by atoms with Crippen LogP contribution in [-0.2, 0) is 0 Å². The van der Waals surface area contributed by atoms with Gasteiger partial charge in [-0.2, -0.15) is 0 Å². The lowest BCUT2D eigenvalue weighted by molar-refractivity contribution is 0.474. The van der Waals surface area contributed by atoms with E-state index >= 15 is 0 Å². The van der Waals surface area contributed by atoms with Gasteiger partial charge in [0, 0.05) is 22.7 Å². The van der Waals surface area contributed by atoms with Gasteiger partial charge in [0.05, 0.1) is 4.55 Å². The van der Waals surface area contributed by atoms with Gasteiger partial charge in [0.2, 0.25) is 0 Å². The van der Waals surface area contributed by atoms with Gasteiger partial charge < -0.3 is 14.8 Å². The maximum absolute atomic E-state index is 9.44. The molecule has 0 aliphatic carbocycles. The summed E-state index contributed by atoms with van der Waals surface area (Å²) in [6.45, 7) is 0. The molecule has 3 rings (SSSR count). The van der Waals surface area contributed by atoms with Gasteiger partial charge in [0.25, 0.3) is 0 Å². The second-order valence-corrected chi connectivity index (χ2v) is 4.98. The van der Waals surface area contributed by atoms with E-state index in [-0.39, 0.29) is 5.75 Å². The molecule has 0 bridgehead atoms. The third-order valence-corrected chi connectivity index (χ3v) is 3.33. The van der Waals surface area contributed by atoms with E-state index in [4.69, 9.17) is 4.42 Å². The Morgan fingerprint density at radius 2 is 1.84 bits per heavy atom. The summed E-state index contributed by atoms with van der Waals surface area (Å²) in [5.74, 6) is 1.02. The van der Waals surface area contributed by atoms with Crippen molar-refractivity contribution in [2.75, 3.05) is 9.87 Å². The van der Waals surface area contributed by atoms with Gasteiger partial charge in [0.15, 0.2) is 0 Å². The summed E-state index contributed by atoms with van der Waals surface area (Å²) in [5.41, 5.74) is 2.81. The molecule has 3 aromatic rings. The van der Waals surface area contributed by atoms with Crippen molar-refractivity contribution < 1.29 is 9.52 Å². The smallest absolute Gasteiger partial charge is 0.138 e. The number of furan rings is 1. The molecule has 3 nitrogen and oxygen atoms in total. The maximum atomic E-state index is 9.44. The fourth-order valence-corrected chi connectivity index (χ4v) is 2.43. The normalized spacial score (nSPS) is 10.8. The number of phenols is 1. The minimum Gasteiger partial charge on any atom is -0.508 e. The zero-order chi connectivity index (χ0) is 13.2. The summed E-state index contributed by atoms with van der Waals surface area (Å²) in [5, 5.41) is 13.7. The van der Waals surface area contributed by atoms with Crippen LogP contribution in [0.25, 0.3) is 22.3 Å². The SMILES string of the molecule is Oc1ccc2cc(-c3ccc(NCI)cc3)oc2c1. The summed E-state index contributed by atoms with van der Waals surface area (Å²) >= 11 is 2.27. The average Bonchev–Trinajstić information content (AvgIpc) is 2.83. The van der Waals surface area contributed by atoms with Crippen molar-refractivity contribution in [1.82, 2.24) is 0 Å². The lowest BCUT2D eigenvalue weighted by Crippen LogP contribution is -1.92. The van der Waals surface area contributed by atoms with Crippen molar-refractivity contribution in [3.05, 3.63) is 48.5 Å². The van der Waals surface area contributed by atoms with Gasteiger partial charge in [-0.25, -0.2) is 0 Å². The van der Waals surface area contributed by atoms with Crippen LogP contribution >= 0.6 is 22.6 Å². The van der Waals surface area contributed by atoms with Crippen LogP contribution in [-0.4, -0.2) is 9.66 Å². The number of fused-ring (bicyclic) bond motifs is 1. The highest BCUT2D eigenvalue weighted by molar-refractivity contribution is 14.1. The zero-order valence-electron chi connectivity index (χ0n) is 10.1. The van der Waals surface area contributed by atoms with E-state index in [1.54, 1.807) is 12.1 Å². The fourth-order valence-electron chi connectivity index (χ4n) is 1.99. The van der Waals surface area contributed by atoms with Gasteiger partial charge >= 0.3 is 0 Å². The number of aromatic hydroxyl groups is 1. The zero-order valence-corrected chi connectivity index (χ0v) is 12.2. The molecule has 0 spiro atoms. The first-order valence-corrected chi connectivity index (χ1v) is 7.42. The van der Waals surface area contributed by atoms with Crippen LogP contribution in [0.5, 0.6) is 5.75 Å². The van der Waals surface area contributed by atoms with Crippen molar-refractivity contribution in [3.63, 3.8) is 0 Å². The van der Waals surface area contributed by atoms with Crippen LogP contribution in [0.1, 0.15) is 0 Å². The van der Waals surface area contributed by atoms with Crippen LogP contribution < -0.4 is 5.32 Å². The number of phenolic OH excluding ortho intramolecular Hbond substituents is 1. The molecule has 0 fully saturated rings. The minimum absolute atomic E-state index is 0.218. The Morgan fingerprint density at radius 3 is 2.58 bits per heavy atom. The molecule has 0 aliphatic rings. The van der Waals surface area contributed by atoms with E-state index < -0.39 is 0 Å². The Bertz CT molecular complexity index is 704. The number of hydrogen-bond donors (Lipinski definition) is 2. The monoisotopic (exact) mass is 365 g/mol. The topological polar surface area (TPSA) is 45.4 Å². The van der Waals surface area contributed by atoms with Crippen LogP contribution in [0, 0.1) is 0 Å². The molecule has 1 aromatic heterocycles. The largest absolute Gasteiger partial charge is 0.508 e. The lowest BCUT2D eigenvalue weighted by atomic mass is 10.1. The Kier molecular flexibility index (Phi) is 3.33. The van der Waals surface area contributed by atoms with E-state index in [0.29, 0.717) is 5.58 Å². The molecule has 0 amide bonds. The van der Waals surface area contributed by atoms with Gasteiger partial charge in [-0.3, -0.25) is 0 Å². The molecule has 96 valence electrons. The number of nitrogens with one attached hydrogen (secondary N) is 1. The van der Waals surface area contributed by atoms with Crippen LogP contribution in [0.3, 0.4) is 0 Å². The molecule has 2 aromatic carbocycles. The lowest BCUT2D eigenvalue weighted by Gasteiger charge is -2.02. The first-order valence-electron chi connectivity index (χ1n) is 5.89. The number of rotatable bonds is 3. The number of halogens is 1. The molecular weight excluding hydrogens is 353 g/mol. The average molecular weight is 365 g/mol. The number of alkyl halides is 1. The van der Waals surface area contributed by atoms with Crippen molar-refractivity contribution in [1.29, 1.82) is 0 Å². The highest BCUT2D eigenvalue weighted by Crippen LogP contribution is 2.30. The molecule has 0 radical (unpaired) electrons. The Labute approximate surface area is 124 Å². The standard InChI is InChI=1S/C15H12INO2/c16-9-17-12-4-1-10(2-5-12)14-7-11-3-6-13(18)8-15(11)19-14/h1-8,17-18H,9H2. The van der Waals surface area contributed by atoms with Crippen molar-refractivity contribution in [2.45, 2.75) is 0 Å². The Hall–Kier alpha value is -1.69. The summed E-state index contributed by atoms with van der Waals surface area (Å²) in [4.78, 5) is 0. The van der Waals surface area contributed by atoms with Gasteiger partial charge in [-0.1, -0.05) is 22.6 Å². The molecule has 0 saturated carbocycles.